The van der Waals surface area contributed by atoms with Gasteiger partial charge in [0, 0.05) is 11.4 Å². The quantitative estimate of drug-likeness (QED) is 0.475. The summed E-state index contributed by atoms with van der Waals surface area (Å²) in [6, 6.07) is 7.40. The number of hydrogen-bond acceptors (Lipinski definition) is 7. The van der Waals surface area contributed by atoms with Gasteiger partial charge in [-0.25, -0.2) is 4.98 Å². The summed E-state index contributed by atoms with van der Waals surface area (Å²) in [6.45, 7) is 1.47. The summed E-state index contributed by atoms with van der Waals surface area (Å²) >= 11 is 8.90. The Morgan fingerprint density at radius 3 is 2.41 bits per heavy atom. The summed E-state index contributed by atoms with van der Waals surface area (Å²) in [5.41, 5.74) is 0.705. The highest BCUT2D eigenvalue weighted by Crippen LogP contribution is 2.40. The Balaban J connectivity index is 1.94. The lowest BCUT2D eigenvalue weighted by Crippen LogP contribution is -2.34. The molecule has 0 N–H and O–H groups in total. The lowest BCUT2D eigenvalue weighted by molar-refractivity contribution is -0.118. The minimum absolute atomic E-state index is 0.000683. The van der Waals surface area contributed by atoms with E-state index in [2.05, 4.69) is 4.90 Å². The predicted molar refractivity (Wildman–Crippen MR) is 121 cm³/mol. The first-order valence-corrected chi connectivity index (χ1v) is 11.1. The number of halogens is 1. The number of carbonyl (C=O) groups excluding carboxylic acids is 1. The van der Waals surface area contributed by atoms with Crippen LogP contribution in [0.4, 0.5) is 5.13 Å². The van der Waals surface area contributed by atoms with E-state index >= 15 is 0 Å². The molecule has 0 aliphatic carbocycles. The summed E-state index contributed by atoms with van der Waals surface area (Å²) < 4.78 is 12.5. The van der Waals surface area contributed by atoms with E-state index in [4.69, 9.17) is 26.1 Å². The van der Waals surface area contributed by atoms with Gasteiger partial charge in [0.05, 0.1) is 25.0 Å². The number of thiophene rings is 1. The molecular weight excluding hydrogens is 430 g/mol. The molecule has 9 heteroatoms. The molecule has 29 heavy (non-hydrogen) atoms. The number of carbonyl (C=O) groups is 1. The van der Waals surface area contributed by atoms with E-state index in [1.165, 1.54) is 22.7 Å². The molecule has 0 atom stereocenters. The maximum absolute atomic E-state index is 13.2. The fourth-order valence-electron chi connectivity index (χ4n) is 2.95. The van der Waals surface area contributed by atoms with E-state index in [0.717, 1.165) is 28.3 Å². The van der Waals surface area contributed by atoms with Crippen LogP contribution in [0.5, 0.6) is 11.5 Å². The Morgan fingerprint density at radius 1 is 1.07 bits per heavy atom. The maximum atomic E-state index is 13.2. The zero-order chi connectivity index (χ0) is 21.0. The van der Waals surface area contributed by atoms with Gasteiger partial charge < -0.3 is 14.4 Å². The molecule has 3 rings (SSSR count). The summed E-state index contributed by atoms with van der Waals surface area (Å²) in [5, 5.41) is 0.647. The highest BCUT2D eigenvalue weighted by Gasteiger charge is 2.23. The van der Waals surface area contributed by atoms with Crippen LogP contribution in [0.1, 0.15) is 11.3 Å². The van der Waals surface area contributed by atoms with Crippen molar-refractivity contribution in [1.29, 1.82) is 0 Å². The standard InChI is InChI=1S/C20H24ClN3O3S2/c1-23(2)10-5-11-24(17(25)12-13-6-9-16(21)28-13)20-22-18-14(26-3)7-8-15(27-4)19(18)29-20/h6-9H,5,10-12H2,1-4H3. The van der Waals surface area contributed by atoms with Gasteiger partial charge in [0.25, 0.3) is 0 Å². The molecule has 6 nitrogen and oxygen atoms in total. The molecular formula is C20H24ClN3O3S2. The highest BCUT2D eigenvalue weighted by molar-refractivity contribution is 7.22. The zero-order valence-corrected chi connectivity index (χ0v) is 19.3. The van der Waals surface area contributed by atoms with Crippen molar-refractivity contribution >= 4 is 55.5 Å². The molecule has 0 spiro atoms. The van der Waals surface area contributed by atoms with Gasteiger partial charge in [0.15, 0.2) is 5.13 Å². The number of aromatic nitrogens is 1. The molecule has 0 radical (unpaired) electrons. The molecule has 0 aliphatic heterocycles. The van der Waals surface area contributed by atoms with E-state index in [1.807, 2.05) is 38.4 Å². The molecule has 156 valence electrons. The Kier molecular flexibility index (Phi) is 7.34. The second kappa shape index (κ2) is 9.75. The van der Waals surface area contributed by atoms with Gasteiger partial charge in [-0.05, 0) is 51.3 Å². The van der Waals surface area contributed by atoms with Crippen LogP contribution in [0.15, 0.2) is 24.3 Å². The normalized spacial score (nSPS) is 11.2. The van der Waals surface area contributed by atoms with Crippen molar-refractivity contribution in [2.45, 2.75) is 12.8 Å². The third kappa shape index (κ3) is 5.19. The molecule has 0 unspecified atom stereocenters. The molecule has 2 heterocycles. The second-order valence-electron chi connectivity index (χ2n) is 6.73. The molecule has 3 aromatic rings. The average Bonchev–Trinajstić information content (AvgIpc) is 3.30. The number of hydrogen-bond donors (Lipinski definition) is 0. The molecule has 0 aliphatic rings. The third-order valence-electron chi connectivity index (χ3n) is 4.37. The first-order chi connectivity index (χ1) is 13.9. The number of ether oxygens (including phenoxy) is 2. The topological polar surface area (TPSA) is 54.9 Å². The number of benzene rings is 1. The van der Waals surface area contributed by atoms with Crippen LogP contribution >= 0.6 is 34.3 Å². The zero-order valence-electron chi connectivity index (χ0n) is 16.9. The second-order valence-corrected chi connectivity index (χ2v) is 9.51. The van der Waals surface area contributed by atoms with Gasteiger partial charge in [0.2, 0.25) is 5.91 Å². The lowest BCUT2D eigenvalue weighted by Gasteiger charge is -2.20. The van der Waals surface area contributed by atoms with Crippen molar-refractivity contribution < 1.29 is 14.3 Å². The fraction of sp³-hybridized carbons (Fsp3) is 0.400. The summed E-state index contributed by atoms with van der Waals surface area (Å²) in [4.78, 5) is 22.7. The number of nitrogens with zero attached hydrogens (tertiary/aromatic N) is 3. The van der Waals surface area contributed by atoms with Crippen LogP contribution in [0, 0.1) is 0 Å². The van der Waals surface area contributed by atoms with Crippen molar-refractivity contribution in [2.24, 2.45) is 0 Å². The predicted octanol–water partition coefficient (Wildman–Crippen LogP) is 4.56. The van der Waals surface area contributed by atoms with Crippen molar-refractivity contribution in [2.75, 3.05) is 46.3 Å². The van der Waals surface area contributed by atoms with Gasteiger partial charge in [-0.2, -0.15) is 0 Å². The Hall–Kier alpha value is -1.87. The Bertz CT molecular complexity index is 946. The number of thiazole rings is 1. The van der Waals surface area contributed by atoms with Crippen molar-refractivity contribution in [1.82, 2.24) is 9.88 Å². The highest BCUT2D eigenvalue weighted by atomic mass is 35.5. The number of rotatable bonds is 9. The smallest absolute Gasteiger partial charge is 0.234 e. The van der Waals surface area contributed by atoms with Gasteiger partial charge >= 0.3 is 0 Å². The van der Waals surface area contributed by atoms with Crippen LogP contribution in [0.3, 0.4) is 0 Å². The number of fused-ring (bicyclic) bond motifs is 1. The minimum atomic E-state index is -0.000683. The molecule has 2 aromatic heterocycles. The lowest BCUT2D eigenvalue weighted by atomic mass is 10.3. The van der Waals surface area contributed by atoms with E-state index in [-0.39, 0.29) is 5.91 Å². The van der Waals surface area contributed by atoms with E-state index in [1.54, 1.807) is 19.1 Å². The van der Waals surface area contributed by atoms with Crippen LogP contribution in [0.25, 0.3) is 10.2 Å². The van der Waals surface area contributed by atoms with Crippen LogP contribution in [0.2, 0.25) is 4.34 Å². The monoisotopic (exact) mass is 453 g/mol. The van der Waals surface area contributed by atoms with Crippen LogP contribution in [-0.4, -0.2) is 57.2 Å². The largest absolute Gasteiger partial charge is 0.495 e. The molecule has 0 saturated carbocycles. The van der Waals surface area contributed by atoms with Crippen LogP contribution < -0.4 is 14.4 Å². The third-order valence-corrected chi connectivity index (χ3v) is 6.70. The average molecular weight is 454 g/mol. The molecule has 1 amide bonds. The Labute approximate surface area is 183 Å². The molecule has 0 bridgehead atoms. The van der Waals surface area contributed by atoms with E-state index in [9.17, 15) is 4.79 Å². The van der Waals surface area contributed by atoms with Gasteiger partial charge in [-0.1, -0.05) is 22.9 Å². The van der Waals surface area contributed by atoms with Crippen LogP contribution in [-0.2, 0) is 11.2 Å². The molecule has 0 fully saturated rings. The number of anilines is 1. The molecule has 1 aromatic carbocycles. The van der Waals surface area contributed by atoms with Crippen molar-refractivity contribution in [3.8, 4) is 11.5 Å². The summed E-state index contributed by atoms with van der Waals surface area (Å²) in [7, 11) is 7.28. The minimum Gasteiger partial charge on any atom is -0.495 e. The SMILES string of the molecule is COc1ccc(OC)c2sc(N(CCCN(C)C)C(=O)Cc3ccc(Cl)s3)nc12. The number of methoxy groups -OCH3 is 2. The van der Waals surface area contributed by atoms with Gasteiger partial charge in [-0.3, -0.25) is 9.69 Å². The van der Waals surface area contributed by atoms with Gasteiger partial charge in [0.1, 0.15) is 21.7 Å². The molecule has 0 saturated heterocycles. The summed E-state index contributed by atoms with van der Waals surface area (Å²) in [6.07, 6.45) is 1.14. The first-order valence-electron chi connectivity index (χ1n) is 9.13. The maximum Gasteiger partial charge on any atom is 0.234 e. The van der Waals surface area contributed by atoms with E-state index < -0.39 is 0 Å². The summed E-state index contributed by atoms with van der Waals surface area (Å²) in [5.74, 6) is 1.38. The van der Waals surface area contributed by atoms with Crippen molar-refractivity contribution in [3.05, 3.63) is 33.5 Å². The fourth-order valence-corrected chi connectivity index (χ4v) is 5.15. The first kappa shape index (κ1) is 21.8. The van der Waals surface area contributed by atoms with Gasteiger partial charge in [-0.15, -0.1) is 11.3 Å². The van der Waals surface area contributed by atoms with Crippen molar-refractivity contribution in [3.63, 3.8) is 0 Å². The van der Waals surface area contributed by atoms with E-state index in [0.29, 0.717) is 33.7 Å². The number of amides is 1. The Morgan fingerprint density at radius 2 is 1.79 bits per heavy atom.